The molecular weight excluding hydrogens is 620 g/mol. The second kappa shape index (κ2) is 20.5. The van der Waals surface area contributed by atoms with Crippen LogP contribution in [0.3, 0.4) is 0 Å². The molecule has 0 saturated heterocycles. The Morgan fingerprint density at radius 3 is 1.91 bits per heavy atom. The van der Waals surface area contributed by atoms with Crippen LogP contribution in [0.4, 0.5) is 5.69 Å². The van der Waals surface area contributed by atoms with Crippen LogP contribution in [0, 0.1) is 13.8 Å². The third-order valence-electron chi connectivity index (χ3n) is 8.34. The van der Waals surface area contributed by atoms with Crippen molar-refractivity contribution in [3.05, 3.63) is 88.7 Å². The number of rotatable bonds is 19. The highest BCUT2D eigenvalue weighted by atomic mass is 79.9. The largest absolute Gasteiger partial charge is 1.00 e. The second-order valence-electron chi connectivity index (χ2n) is 13.7. The highest BCUT2D eigenvalue weighted by Gasteiger charge is 2.23. The van der Waals surface area contributed by atoms with Crippen LogP contribution >= 0.6 is 0 Å². The molecule has 0 unspecified atom stereocenters. The lowest BCUT2D eigenvalue weighted by Crippen LogP contribution is -3.00. The number of ether oxygens (including phenoxy) is 1. The van der Waals surface area contributed by atoms with Gasteiger partial charge >= 0.3 is 0 Å². The average Bonchev–Trinajstić information content (AvgIpc) is 2.96. The molecule has 0 bridgehead atoms. The summed E-state index contributed by atoms with van der Waals surface area (Å²) in [5.74, 6) is 0.862. The summed E-state index contributed by atoms with van der Waals surface area (Å²) in [6.45, 7) is 14.5. The fourth-order valence-corrected chi connectivity index (χ4v) is 6.03. The number of aromatic nitrogens is 1. The Balaban J connectivity index is 0.00000705. The van der Waals surface area contributed by atoms with E-state index in [9.17, 15) is 4.79 Å². The molecule has 4 nitrogen and oxygen atoms in total. The number of anilines is 1. The highest BCUT2D eigenvalue weighted by molar-refractivity contribution is 5.93. The first kappa shape index (κ1) is 38.5. The zero-order valence-corrected chi connectivity index (χ0v) is 30.6. The number of amides is 1. The Kier molecular flexibility index (Phi) is 17.5. The minimum atomic E-state index is -0.0753. The van der Waals surface area contributed by atoms with Crippen molar-refractivity contribution >= 4 is 11.6 Å². The first-order valence-electron chi connectivity index (χ1n) is 17.3. The maximum absolute atomic E-state index is 13.4. The van der Waals surface area contributed by atoms with Crippen molar-refractivity contribution in [3.63, 3.8) is 0 Å². The molecule has 0 radical (unpaired) electrons. The van der Waals surface area contributed by atoms with Crippen LogP contribution in [0.2, 0.25) is 0 Å². The number of aryl methyl sites for hydroxylation is 2. The van der Waals surface area contributed by atoms with Gasteiger partial charge in [-0.2, -0.15) is 0 Å². The van der Waals surface area contributed by atoms with Crippen molar-refractivity contribution < 1.29 is 31.1 Å². The molecule has 0 fully saturated rings. The van der Waals surface area contributed by atoms with Crippen molar-refractivity contribution in [2.75, 3.05) is 11.9 Å². The van der Waals surface area contributed by atoms with Gasteiger partial charge in [-0.25, -0.2) is 4.57 Å². The lowest BCUT2D eigenvalue weighted by Gasteiger charge is -2.25. The number of hydrogen-bond acceptors (Lipinski definition) is 2. The van der Waals surface area contributed by atoms with Gasteiger partial charge < -0.3 is 27.0 Å². The number of unbranched alkanes of at least 4 members (excludes halogenated alkanes) is 11. The fourth-order valence-electron chi connectivity index (χ4n) is 6.03. The average molecular weight is 680 g/mol. The van der Waals surface area contributed by atoms with Crippen molar-refractivity contribution in [1.29, 1.82) is 0 Å². The molecule has 1 amide bonds. The van der Waals surface area contributed by atoms with Gasteiger partial charge in [-0.15, -0.1) is 0 Å². The molecule has 2 aromatic carbocycles. The summed E-state index contributed by atoms with van der Waals surface area (Å²) in [5, 5.41) is 3.20. The quantitative estimate of drug-likeness (QED) is 0.108. The Morgan fingerprint density at radius 1 is 0.756 bits per heavy atom. The lowest BCUT2D eigenvalue weighted by atomic mass is 9.84. The molecular formula is C40H59BrN2O2. The van der Waals surface area contributed by atoms with E-state index in [0.29, 0.717) is 13.2 Å². The molecule has 0 aliphatic heterocycles. The van der Waals surface area contributed by atoms with Crippen molar-refractivity contribution in [2.24, 2.45) is 0 Å². The molecule has 5 heteroatoms. The molecule has 0 atom stereocenters. The van der Waals surface area contributed by atoms with Crippen LogP contribution < -0.4 is 31.6 Å². The molecule has 3 rings (SSSR count). The third-order valence-corrected chi connectivity index (χ3v) is 8.34. The third kappa shape index (κ3) is 14.1. The van der Waals surface area contributed by atoms with Gasteiger partial charge in [0.05, 0.1) is 18.7 Å². The minimum Gasteiger partial charge on any atom is -1.00 e. The molecule has 1 N–H and O–H groups in total. The van der Waals surface area contributed by atoms with Gasteiger partial charge in [0.15, 0.2) is 18.9 Å². The van der Waals surface area contributed by atoms with Gasteiger partial charge in [0, 0.05) is 22.3 Å². The summed E-state index contributed by atoms with van der Waals surface area (Å²) in [5.41, 5.74) is 6.43. The maximum atomic E-state index is 13.4. The van der Waals surface area contributed by atoms with Gasteiger partial charge in [-0.05, 0) is 43.4 Å². The van der Waals surface area contributed by atoms with Gasteiger partial charge in [-0.1, -0.05) is 135 Å². The van der Waals surface area contributed by atoms with Crippen LogP contribution in [0.1, 0.15) is 133 Å². The zero-order chi connectivity index (χ0) is 31.8. The molecule has 45 heavy (non-hydrogen) atoms. The number of para-hydroxylation sites is 2. The summed E-state index contributed by atoms with van der Waals surface area (Å²) in [7, 11) is 0. The van der Waals surface area contributed by atoms with Crippen molar-refractivity contribution in [1.82, 2.24) is 0 Å². The number of carbonyl (C=O) groups excluding carboxylic acids is 1. The topological polar surface area (TPSA) is 42.2 Å². The van der Waals surface area contributed by atoms with E-state index < -0.39 is 0 Å². The minimum absolute atomic E-state index is 0. The summed E-state index contributed by atoms with van der Waals surface area (Å²) < 4.78 is 8.66. The highest BCUT2D eigenvalue weighted by Crippen LogP contribution is 2.35. The van der Waals surface area contributed by atoms with Crippen LogP contribution in [0.15, 0.2) is 60.9 Å². The molecule has 0 saturated carbocycles. The fraction of sp³-hybridized carbons (Fsp3) is 0.550. The van der Waals surface area contributed by atoms with E-state index >= 15 is 0 Å². The molecule has 1 aromatic heterocycles. The zero-order valence-electron chi connectivity index (χ0n) is 29.0. The number of nitrogens with zero attached hydrogens (tertiary/aromatic N) is 1. The smallest absolute Gasteiger partial charge is 0.228 e. The number of nitrogens with one attached hydrogen (secondary N) is 1. The number of benzene rings is 2. The molecule has 248 valence electrons. The maximum Gasteiger partial charge on any atom is 0.228 e. The first-order chi connectivity index (χ1) is 21.2. The normalized spacial score (nSPS) is 11.2. The SMILES string of the molecule is CCCCCCCCCCCCCCOc1c(CC(=O)Nc2ccccc2C[n+]2cc(C)cc(C)c2)cccc1C(C)(C)C.[Br-]. The van der Waals surface area contributed by atoms with Crippen molar-refractivity contribution in [3.8, 4) is 5.75 Å². The second-order valence-corrected chi connectivity index (χ2v) is 13.7. The predicted molar refractivity (Wildman–Crippen MR) is 186 cm³/mol. The van der Waals surface area contributed by atoms with E-state index in [1.54, 1.807) is 0 Å². The van der Waals surface area contributed by atoms with E-state index in [0.717, 1.165) is 34.5 Å². The summed E-state index contributed by atoms with van der Waals surface area (Å²) in [6.07, 6.45) is 20.5. The monoisotopic (exact) mass is 678 g/mol. The molecule has 1 heterocycles. The summed E-state index contributed by atoms with van der Waals surface area (Å²) in [4.78, 5) is 13.4. The lowest BCUT2D eigenvalue weighted by molar-refractivity contribution is -0.688. The summed E-state index contributed by atoms with van der Waals surface area (Å²) in [6, 6.07) is 16.5. The van der Waals surface area contributed by atoms with E-state index in [2.05, 4.69) is 88.1 Å². The number of hydrogen-bond donors (Lipinski definition) is 1. The number of carbonyl (C=O) groups is 1. The summed E-state index contributed by atoms with van der Waals surface area (Å²) >= 11 is 0. The van der Waals surface area contributed by atoms with E-state index in [4.69, 9.17) is 4.74 Å². The van der Waals surface area contributed by atoms with Crippen LogP contribution in [-0.4, -0.2) is 12.5 Å². The van der Waals surface area contributed by atoms with Crippen molar-refractivity contribution in [2.45, 2.75) is 137 Å². The Bertz CT molecular complexity index is 1280. The standard InChI is InChI=1S/C40H58N2O2.BrH/c1-7-8-9-10-11-12-13-14-15-16-17-20-26-44-39-34(23-21-24-36(39)40(4,5)6)28-38(43)41-37-25-19-18-22-35(37)31-42-29-32(2)27-33(3)30-42;/h18-19,21-25,27,29-30H,7-17,20,26,28,31H2,1-6H3;1H. The van der Waals surface area contributed by atoms with E-state index in [-0.39, 0.29) is 34.7 Å². The number of halogens is 1. The molecule has 3 aromatic rings. The van der Waals surface area contributed by atoms with Gasteiger partial charge in [0.2, 0.25) is 5.91 Å². The Labute approximate surface area is 285 Å². The Hall–Kier alpha value is -2.66. The van der Waals surface area contributed by atoms with Crippen LogP contribution in [-0.2, 0) is 23.2 Å². The van der Waals surface area contributed by atoms with Crippen LogP contribution in [0.5, 0.6) is 5.75 Å². The van der Waals surface area contributed by atoms with Gasteiger partial charge in [0.25, 0.3) is 0 Å². The molecule has 0 aliphatic carbocycles. The predicted octanol–water partition coefficient (Wildman–Crippen LogP) is 7.20. The number of pyridine rings is 1. The van der Waals surface area contributed by atoms with Crippen LogP contribution in [0.25, 0.3) is 0 Å². The van der Waals surface area contributed by atoms with Gasteiger partial charge in [-0.3, -0.25) is 4.79 Å². The van der Waals surface area contributed by atoms with E-state index in [1.807, 2.05) is 24.3 Å². The van der Waals surface area contributed by atoms with E-state index in [1.165, 1.54) is 81.8 Å². The Morgan fingerprint density at radius 2 is 1.31 bits per heavy atom. The first-order valence-corrected chi connectivity index (χ1v) is 17.3. The van der Waals surface area contributed by atoms with Gasteiger partial charge in [0.1, 0.15) is 5.75 Å². The molecule has 0 spiro atoms. The molecule has 0 aliphatic rings.